The average molecular weight is 293 g/mol. The molecular weight excluding hydrogens is 280 g/mol. The Bertz CT molecular complexity index is 485. The van der Waals surface area contributed by atoms with Crippen LogP contribution in [-0.4, -0.2) is 11.6 Å². The van der Waals surface area contributed by atoms with Gasteiger partial charge >= 0.3 is 0 Å². The fourth-order valence-corrected chi connectivity index (χ4v) is 1.72. The molecule has 0 saturated heterocycles. The molecule has 0 aliphatic carbocycles. The lowest BCUT2D eigenvalue weighted by Gasteiger charge is -2.07. The van der Waals surface area contributed by atoms with Crippen molar-refractivity contribution in [3.63, 3.8) is 0 Å². The van der Waals surface area contributed by atoms with E-state index >= 15 is 0 Å². The number of nitrogens with zero attached hydrogens (tertiary/aromatic N) is 1. The summed E-state index contributed by atoms with van der Waals surface area (Å²) in [6.07, 6.45) is 4.23. The molecule has 0 bridgehead atoms. The van der Waals surface area contributed by atoms with Crippen LogP contribution >= 0.6 is 15.9 Å². The zero-order chi connectivity index (χ0) is 12.1. The van der Waals surface area contributed by atoms with Crippen molar-refractivity contribution in [1.82, 2.24) is 4.98 Å². The summed E-state index contributed by atoms with van der Waals surface area (Å²) < 4.78 is 6.66. The second-order valence-electron chi connectivity index (χ2n) is 3.63. The number of nitrogens with two attached hydrogens (primary N) is 1. The zero-order valence-electron chi connectivity index (χ0n) is 9.27. The maximum absolute atomic E-state index is 5.82. The van der Waals surface area contributed by atoms with E-state index in [0.29, 0.717) is 6.61 Å². The monoisotopic (exact) mass is 292 g/mol. The molecule has 0 spiro atoms. The summed E-state index contributed by atoms with van der Waals surface area (Å²) in [7, 11) is 0. The number of benzene rings is 1. The van der Waals surface area contributed by atoms with E-state index in [4.69, 9.17) is 10.5 Å². The van der Waals surface area contributed by atoms with E-state index < -0.39 is 0 Å². The van der Waals surface area contributed by atoms with Crippen LogP contribution in [0, 0.1) is 0 Å². The highest BCUT2D eigenvalue weighted by Gasteiger charge is 1.99. The minimum Gasteiger partial charge on any atom is -0.493 e. The largest absolute Gasteiger partial charge is 0.493 e. The van der Waals surface area contributed by atoms with Crippen LogP contribution in [0.1, 0.15) is 5.56 Å². The molecule has 1 heterocycles. The highest BCUT2D eigenvalue weighted by atomic mass is 79.9. The van der Waals surface area contributed by atoms with Crippen LogP contribution in [0.2, 0.25) is 0 Å². The number of hydrogen-bond donors (Lipinski definition) is 1. The predicted molar refractivity (Wildman–Crippen MR) is 72.0 cm³/mol. The van der Waals surface area contributed by atoms with Gasteiger partial charge in [-0.2, -0.15) is 0 Å². The van der Waals surface area contributed by atoms with Gasteiger partial charge in [-0.25, -0.2) is 0 Å². The van der Waals surface area contributed by atoms with Gasteiger partial charge < -0.3 is 10.5 Å². The number of aromatic nitrogens is 1. The number of ether oxygens (including phenoxy) is 1. The third-order valence-corrected chi connectivity index (χ3v) is 2.92. The first-order valence-corrected chi connectivity index (χ1v) is 6.12. The Hall–Kier alpha value is -1.55. The highest BCUT2D eigenvalue weighted by molar-refractivity contribution is 9.10. The Labute approximate surface area is 109 Å². The van der Waals surface area contributed by atoms with E-state index in [9.17, 15) is 0 Å². The summed E-state index contributed by atoms with van der Waals surface area (Å²) >= 11 is 3.38. The molecule has 1 aromatic carbocycles. The molecule has 3 nitrogen and oxygen atoms in total. The molecular formula is C13H13BrN2O. The fraction of sp³-hybridized carbons (Fsp3) is 0.154. The van der Waals surface area contributed by atoms with E-state index in [2.05, 4.69) is 20.9 Å². The van der Waals surface area contributed by atoms with Crippen molar-refractivity contribution in [2.24, 2.45) is 0 Å². The Morgan fingerprint density at radius 3 is 2.65 bits per heavy atom. The normalized spacial score (nSPS) is 10.2. The molecule has 0 fully saturated rings. The van der Waals surface area contributed by atoms with Crippen molar-refractivity contribution >= 4 is 21.6 Å². The van der Waals surface area contributed by atoms with Gasteiger partial charge in [0.25, 0.3) is 0 Å². The van der Waals surface area contributed by atoms with Crippen LogP contribution in [-0.2, 0) is 6.42 Å². The second-order valence-corrected chi connectivity index (χ2v) is 4.54. The molecule has 0 aliphatic heterocycles. The van der Waals surface area contributed by atoms with Crippen LogP contribution < -0.4 is 10.5 Å². The maximum Gasteiger partial charge on any atom is 0.119 e. The number of halogens is 1. The first-order valence-electron chi connectivity index (χ1n) is 5.32. The predicted octanol–water partition coefficient (Wildman–Crippen LogP) is 3.05. The molecule has 2 N–H and O–H groups in total. The third kappa shape index (κ3) is 3.46. The molecule has 0 saturated carbocycles. The number of anilines is 1. The van der Waals surface area contributed by atoms with Crippen LogP contribution in [0.4, 0.5) is 5.69 Å². The van der Waals surface area contributed by atoms with Gasteiger partial charge in [0.2, 0.25) is 0 Å². The molecule has 17 heavy (non-hydrogen) atoms. The van der Waals surface area contributed by atoms with E-state index in [1.54, 1.807) is 18.5 Å². The first-order chi connectivity index (χ1) is 8.25. The molecule has 88 valence electrons. The number of pyridine rings is 1. The van der Waals surface area contributed by atoms with Gasteiger partial charge in [0.1, 0.15) is 5.75 Å². The number of nitrogen functional groups attached to an aromatic ring is 1. The van der Waals surface area contributed by atoms with Gasteiger partial charge in [0.05, 0.1) is 6.61 Å². The smallest absolute Gasteiger partial charge is 0.119 e. The van der Waals surface area contributed by atoms with Gasteiger partial charge in [-0.3, -0.25) is 4.98 Å². The summed E-state index contributed by atoms with van der Waals surface area (Å²) in [4.78, 5) is 4.04. The molecule has 0 aliphatic rings. The van der Waals surface area contributed by atoms with E-state index in [-0.39, 0.29) is 0 Å². The SMILES string of the molecule is Nc1ccncc1CCOc1ccc(Br)cc1. The lowest BCUT2D eigenvalue weighted by Crippen LogP contribution is -2.04. The summed E-state index contributed by atoms with van der Waals surface area (Å²) in [5.74, 6) is 0.857. The standard InChI is InChI=1S/C13H13BrN2O/c14-11-1-3-12(4-2-11)17-8-6-10-9-16-7-5-13(10)15/h1-5,7,9H,6,8H2,(H2,15,16). The van der Waals surface area contributed by atoms with E-state index in [1.807, 2.05) is 24.3 Å². The molecule has 0 atom stereocenters. The molecule has 2 aromatic rings. The third-order valence-electron chi connectivity index (χ3n) is 2.40. The first kappa shape index (κ1) is 11.9. The van der Waals surface area contributed by atoms with Crippen LogP contribution in [0.3, 0.4) is 0 Å². The van der Waals surface area contributed by atoms with E-state index in [0.717, 1.165) is 27.9 Å². The molecule has 2 rings (SSSR count). The lowest BCUT2D eigenvalue weighted by atomic mass is 10.2. The van der Waals surface area contributed by atoms with Crippen LogP contribution in [0.15, 0.2) is 47.2 Å². The van der Waals surface area contributed by atoms with Gasteiger partial charge in [-0.15, -0.1) is 0 Å². The lowest BCUT2D eigenvalue weighted by molar-refractivity contribution is 0.322. The van der Waals surface area contributed by atoms with Gasteiger partial charge in [0.15, 0.2) is 0 Å². The Balaban J connectivity index is 1.88. The topological polar surface area (TPSA) is 48.1 Å². The zero-order valence-corrected chi connectivity index (χ0v) is 10.9. The van der Waals surface area contributed by atoms with Crippen molar-refractivity contribution in [1.29, 1.82) is 0 Å². The Morgan fingerprint density at radius 2 is 1.94 bits per heavy atom. The minimum atomic E-state index is 0.595. The minimum absolute atomic E-state index is 0.595. The molecule has 0 unspecified atom stereocenters. The molecule has 4 heteroatoms. The molecule has 0 radical (unpaired) electrons. The van der Waals surface area contributed by atoms with Gasteiger partial charge in [-0.05, 0) is 35.9 Å². The van der Waals surface area contributed by atoms with Crippen molar-refractivity contribution in [3.8, 4) is 5.75 Å². The highest BCUT2D eigenvalue weighted by Crippen LogP contribution is 2.17. The van der Waals surface area contributed by atoms with Gasteiger partial charge in [-0.1, -0.05) is 15.9 Å². The summed E-state index contributed by atoms with van der Waals surface area (Å²) in [5, 5.41) is 0. The van der Waals surface area contributed by atoms with E-state index in [1.165, 1.54) is 0 Å². The summed E-state index contributed by atoms with van der Waals surface area (Å²) in [5.41, 5.74) is 7.60. The Kier molecular flexibility index (Phi) is 3.98. The average Bonchev–Trinajstić information content (AvgIpc) is 2.34. The molecule has 1 aromatic heterocycles. The summed E-state index contributed by atoms with van der Waals surface area (Å²) in [6, 6.07) is 9.56. The van der Waals surface area contributed by atoms with Crippen LogP contribution in [0.25, 0.3) is 0 Å². The van der Waals surface area contributed by atoms with Gasteiger partial charge in [0, 0.05) is 29.0 Å². The maximum atomic E-state index is 5.82. The molecule has 0 amide bonds. The van der Waals surface area contributed by atoms with Crippen molar-refractivity contribution in [2.75, 3.05) is 12.3 Å². The Morgan fingerprint density at radius 1 is 1.18 bits per heavy atom. The second kappa shape index (κ2) is 5.68. The summed E-state index contributed by atoms with van der Waals surface area (Å²) in [6.45, 7) is 0.595. The number of rotatable bonds is 4. The van der Waals surface area contributed by atoms with Crippen molar-refractivity contribution in [3.05, 3.63) is 52.8 Å². The van der Waals surface area contributed by atoms with Crippen molar-refractivity contribution in [2.45, 2.75) is 6.42 Å². The van der Waals surface area contributed by atoms with Crippen molar-refractivity contribution < 1.29 is 4.74 Å². The fourth-order valence-electron chi connectivity index (χ4n) is 1.46. The quantitative estimate of drug-likeness (QED) is 0.942. The number of hydrogen-bond acceptors (Lipinski definition) is 3. The van der Waals surface area contributed by atoms with Crippen LogP contribution in [0.5, 0.6) is 5.75 Å².